The van der Waals surface area contributed by atoms with Crippen molar-refractivity contribution >= 4 is 50.7 Å². The zero-order chi connectivity index (χ0) is 22.4. The molecule has 0 bridgehead atoms. The normalized spacial score (nSPS) is 10.8. The number of nitro groups is 1. The van der Waals surface area contributed by atoms with Gasteiger partial charge in [0.15, 0.2) is 5.13 Å². The lowest BCUT2D eigenvalue weighted by Gasteiger charge is -2.24. The Kier molecular flexibility index (Phi) is 9.37. The summed E-state index contributed by atoms with van der Waals surface area (Å²) in [6.07, 6.45) is 0. The molecule has 32 heavy (non-hydrogen) atoms. The summed E-state index contributed by atoms with van der Waals surface area (Å²) in [5.74, 6) is 0.363. The highest BCUT2D eigenvalue weighted by molar-refractivity contribution is 7.22. The third-order valence-corrected chi connectivity index (χ3v) is 6.03. The second kappa shape index (κ2) is 11.8. The van der Waals surface area contributed by atoms with E-state index in [9.17, 15) is 14.9 Å². The van der Waals surface area contributed by atoms with Crippen molar-refractivity contribution in [3.05, 3.63) is 58.1 Å². The number of amides is 1. The molecular weight excluding hydrogens is 452 g/mol. The number of aromatic nitrogens is 1. The van der Waals surface area contributed by atoms with Crippen LogP contribution in [-0.4, -0.2) is 53.5 Å². The van der Waals surface area contributed by atoms with Gasteiger partial charge in [0.05, 0.1) is 16.2 Å². The molecular formula is C22H27ClN4O4S. The molecule has 1 heterocycles. The summed E-state index contributed by atoms with van der Waals surface area (Å²) in [4.78, 5) is 32.6. The molecule has 172 valence electrons. The van der Waals surface area contributed by atoms with Crippen LogP contribution in [0.15, 0.2) is 42.5 Å². The van der Waals surface area contributed by atoms with Crippen LogP contribution in [0.25, 0.3) is 10.2 Å². The standard InChI is InChI=1S/C22H26N4O4S.ClH/c1-4-24(5-2)13-14-25(21(27)16-9-7-10-17(15-16)26(28)29)22-23-20-18(30-6-3)11-8-12-19(20)31-22;/h7-12,15H,4-6,13-14H2,1-3H3;1H. The Morgan fingerprint density at radius 2 is 1.84 bits per heavy atom. The number of fused-ring (bicyclic) bond motifs is 1. The Labute approximate surface area is 197 Å². The van der Waals surface area contributed by atoms with Crippen LogP contribution in [0.3, 0.4) is 0 Å². The maximum atomic E-state index is 13.4. The zero-order valence-corrected chi connectivity index (χ0v) is 19.9. The maximum Gasteiger partial charge on any atom is 0.270 e. The highest BCUT2D eigenvalue weighted by atomic mass is 35.5. The van der Waals surface area contributed by atoms with Crippen molar-refractivity contribution in [3.63, 3.8) is 0 Å². The molecule has 3 rings (SSSR count). The van der Waals surface area contributed by atoms with E-state index in [-0.39, 0.29) is 29.6 Å². The van der Waals surface area contributed by atoms with Gasteiger partial charge in [-0.25, -0.2) is 4.98 Å². The van der Waals surface area contributed by atoms with Crippen molar-refractivity contribution in [1.29, 1.82) is 0 Å². The van der Waals surface area contributed by atoms with Gasteiger partial charge in [-0.2, -0.15) is 0 Å². The van der Waals surface area contributed by atoms with Gasteiger partial charge in [0.25, 0.3) is 11.6 Å². The first kappa shape index (κ1) is 25.5. The molecule has 0 saturated carbocycles. The third-order valence-electron chi connectivity index (χ3n) is 4.98. The first-order valence-corrected chi connectivity index (χ1v) is 11.1. The molecule has 0 unspecified atom stereocenters. The van der Waals surface area contributed by atoms with Gasteiger partial charge in [0, 0.05) is 30.8 Å². The summed E-state index contributed by atoms with van der Waals surface area (Å²) in [7, 11) is 0. The second-order valence-electron chi connectivity index (χ2n) is 6.82. The summed E-state index contributed by atoms with van der Waals surface area (Å²) in [5, 5.41) is 11.7. The number of nitro benzene ring substituents is 1. The Morgan fingerprint density at radius 3 is 2.50 bits per heavy atom. The molecule has 8 nitrogen and oxygen atoms in total. The molecule has 0 saturated heterocycles. The highest BCUT2D eigenvalue weighted by Gasteiger charge is 2.24. The van der Waals surface area contributed by atoms with Crippen LogP contribution < -0.4 is 9.64 Å². The molecule has 1 aromatic heterocycles. The van der Waals surface area contributed by atoms with Gasteiger partial charge in [-0.3, -0.25) is 19.8 Å². The van der Waals surface area contributed by atoms with Crippen LogP contribution in [0.1, 0.15) is 31.1 Å². The number of thiazole rings is 1. The molecule has 0 aliphatic carbocycles. The number of rotatable bonds is 10. The summed E-state index contributed by atoms with van der Waals surface area (Å²) >= 11 is 1.41. The molecule has 1 amide bonds. The van der Waals surface area contributed by atoms with E-state index >= 15 is 0 Å². The number of carbonyl (C=O) groups excluding carboxylic acids is 1. The summed E-state index contributed by atoms with van der Waals surface area (Å²) < 4.78 is 6.61. The topological polar surface area (TPSA) is 88.8 Å². The number of nitrogens with zero attached hydrogens (tertiary/aromatic N) is 4. The number of carbonyl (C=O) groups is 1. The fourth-order valence-corrected chi connectivity index (χ4v) is 4.28. The number of para-hydroxylation sites is 1. The van der Waals surface area contributed by atoms with Gasteiger partial charge in [-0.05, 0) is 38.2 Å². The minimum absolute atomic E-state index is 0. The van der Waals surface area contributed by atoms with E-state index in [1.807, 2.05) is 25.1 Å². The Balaban J connectivity index is 0.00000363. The molecule has 0 atom stereocenters. The van der Waals surface area contributed by atoms with E-state index in [1.54, 1.807) is 11.0 Å². The Hall–Kier alpha value is -2.75. The van der Waals surface area contributed by atoms with E-state index in [2.05, 4.69) is 18.7 Å². The SMILES string of the molecule is CCOc1cccc2sc(N(CCN(CC)CC)C(=O)c3cccc([N+](=O)[O-])c3)nc12.Cl. The third kappa shape index (κ3) is 5.73. The first-order valence-electron chi connectivity index (χ1n) is 10.3. The molecule has 2 aromatic carbocycles. The first-order chi connectivity index (χ1) is 15.0. The smallest absolute Gasteiger partial charge is 0.270 e. The molecule has 0 N–H and O–H groups in total. The van der Waals surface area contributed by atoms with E-state index in [0.29, 0.717) is 36.1 Å². The van der Waals surface area contributed by atoms with Gasteiger partial charge in [0.2, 0.25) is 0 Å². The Morgan fingerprint density at radius 1 is 1.12 bits per heavy atom. The van der Waals surface area contributed by atoms with Crippen LogP contribution in [0.4, 0.5) is 10.8 Å². The molecule has 3 aromatic rings. The number of halogens is 1. The number of ether oxygens (including phenoxy) is 1. The van der Waals surface area contributed by atoms with Crippen molar-refractivity contribution in [2.24, 2.45) is 0 Å². The van der Waals surface area contributed by atoms with E-state index in [1.165, 1.54) is 29.5 Å². The van der Waals surface area contributed by atoms with E-state index in [0.717, 1.165) is 17.8 Å². The summed E-state index contributed by atoms with van der Waals surface area (Å²) in [6, 6.07) is 11.5. The number of benzene rings is 2. The van der Waals surface area contributed by atoms with Gasteiger partial charge in [0.1, 0.15) is 11.3 Å². The largest absolute Gasteiger partial charge is 0.492 e. The maximum absolute atomic E-state index is 13.4. The Bertz CT molecular complexity index is 1070. The summed E-state index contributed by atoms with van der Waals surface area (Å²) in [6.45, 7) is 9.39. The monoisotopic (exact) mass is 478 g/mol. The van der Waals surface area contributed by atoms with Crippen molar-refractivity contribution in [2.75, 3.05) is 37.7 Å². The zero-order valence-electron chi connectivity index (χ0n) is 18.3. The molecule has 0 fully saturated rings. The average Bonchev–Trinajstić information content (AvgIpc) is 3.21. The van der Waals surface area contributed by atoms with Crippen molar-refractivity contribution in [2.45, 2.75) is 20.8 Å². The fraction of sp³-hybridized carbons (Fsp3) is 0.364. The van der Waals surface area contributed by atoms with Gasteiger partial charge in [-0.1, -0.05) is 37.3 Å². The highest BCUT2D eigenvalue weighted by Crippen LogP contribution is 2.35. The van der Waals surface area contributed by atoms with Crippen LogP contribution >= 0.6 is 23.7 Å². The number of non-ortho nitro benzene ring substituents is 1. The predicted octanol–water partition coefficient (Wildman–Crippen LogP) is 5.01. The minimum atomic E-state index is -0.497. The lowest BCUT2D eigenvalue weighted by Crippen LogP contribution is -2.38. The van der Waals surface area contributed by atoms with Crippen LogP contribution in [0.2, 0.25) is 0 Å². The number of hydrogen-bond donors (Lipinski definition) is 0. The van der Waals surface area contributed by atoms with Gasteiger partial charge >= 0.3 is 0 Å². The second-order valence-corrected chi connectivity index (χ2v) is 7.83. The van der Waals surface area contributed by atoms with E-state index < -0.39 is 4.92 Å². The van der Waals surface area contributed by atoms with E-state index in [4.69, 9.17) is 9.72 Å². The number of likely N-dealkylation sites (N-methyl/N-ethyl adjacent to an activating group) is 1. The molecule has 0 aliphatic heterocycles. The average molecular weight is 479 g/mol. The number of hydrogen-bond acceptors (Lipinski definition) is 7. The van der Waals surface area contributed by atoms with Crippen LogP contribution in [-0.2, 0) is 0 Å². The summed E-state index contributed by atoms with van der Waals surface area (Å²) in [5.41, 5.74) is 0.861. The van der Waals surface area contributed by atoms with Crippen LogP contribution in [0, 0.1) is 10.1 Å². The van der Waals surface area contributed by atoms with Crippen molar-refractivity contribution in [1.82, 2.24) is 9.88 Å². The van der Waals surface area contributed by atoms with Crippen molar-refractivity contribution in [3.8, 4) is 5.75 Å². The lowest BCUT2D eigenvalue weighted by atomic mass is 10.2. The van der Waals surface area contributed by atoms with Gasteiger partial charge < -0.3 is 9.64 Å². The minimum Gasteiger partial charge on any atom is -0.492 e. The molecule has 0 spiro atoms. The molecule has 10 heteroatoms. The number of anilines is 1. The van der Waals surface area contributed by atoms with Crippen LogP contribution in [0.5, 0.6) is 5.75 Å². The predicted molar refractivity (Wildman–Crippen MR) is 131 cm³/mol. The lowest BCUT2D eigenvalue weighted by molar-refractivity contribution is -0.384. The van der Waals surface area contributed by atoms with Crippen molar-refractivity contribution < 1.29 is 14.5 Å². The molecule has 0 radical (unpaired) electrons. The molecule has 0 aliphatic rings. The fourth-order valence-electron chi connectivity index (χ4n) is 3.27. The van der Waals surface area contributed by atoms with Gasteiger partial charge in [-0.15, -0.1) is 12.4 Å². The quantitative estimate of drug-likeness (QED) is 0.300.